The maximum atomic E-state index is 12.7. The molecule has 0 saturated heterocycles. The van der Waals surface area contributed by atoms with Gasteiger partial charge in [-0.3, -0.25) is 13.8 Å². The van der Waals surface area contributed by atoms with Gasteiger partial charge >= 0.3 is 7.82 Å². The van der Waals surface area contributed by atoms with E-state index in [0.29, 0.717) is 6.42 Å². The van der Waals surface area contributed by atoms with Crippen LogP contribution >= 0.6 is 7.82 Å². The average molecular weight is 741 g/mol. The Hall–Kier alpha value is -1.28. The molecule has 0 aromatic rings. The highest BCUT2D eigenvalue weighted by Gasteiger charge is 2.26. The molecule has 1 unspecified atom stereocenters. The number of unbranched alkanes of at least 4 members (excludes halogenated alkanes) is 24. The van der Waals surface area contributed by atoms with Crippen LogP contribution in [0, 0.1) is 0 Å². The minimum Gasteiger partial charge on any atom is -0.387 e. The van der Waals surface area contributed by atoms with Gasteiger partial charge in [-0.05, 0) is 44.9 Å². The van der Waals surface area contributed by atoms with Crippen LogP contribution in [-0.4, -0.2) is 47.8 Å². The molecule has 0 saturated carbocycles. The molecule has 0 fully saturated rings. The summed E-state index contributed by atoms with van der Waals surface area (Å²) >= 11 is 0. The molecule has 0 bridgehead atoms. The SMILES string of the molecule is CCCCCCCC/C=C\CCCCCCCCCCCCCC(=O)N[C@@H](COP(=O)(O)OCCN)[C@H](O)/C=C/C=C/CCCCCCCCC. The Morgan fingerprint density at radius 1 is 0.647 bits per heavy atom. The minimum atomic E-state index is -4.34. The first kappa shape index (κ1) is 49.7. The van der Waals surface area contributed by atoms with Crippen molar-refractivity contribution in [2.24, 2.45) is 5.73 Å². The van der Waals surface area contributed by atoms with Gasteiger partial charge in [0, 0.05) is 13.0 Å². The van der Waals surface area contributed by atoms with Crippen LogP contribution in [0.25, 0.3) is 0 Å². The van der Waals surface area contributed by atoms with E-state index in [4.69, 9.17) is 14.8 Å². The topological polar surface area (TPSA) is 131 Å². The molecule has 0 spiro atoms. The highest BCUT2D eigenvalue weighted by atomic mass is 31.2. The van der Waals surface area contributed by atoms with Gasteiger partial charge in [0.25, 0.3) is 0 Å². The normalized spacial score (nSPS) is 14.5. The Kier molecular flexibility index (Phi) is 37.5. The van der Waals surface area contributed by atoms with E-state index in [0.717, 1.165) is 32.1 Å². The van der Waals surface area contributed by atoms with Crippen molar-refractivity contribution in [3.05, 3.63) is 36.5 Å². The predicted octanol–water partition coefficient (Wildman–Crippen LogP) is 11.6. The number of rotatable bonds is 39. The van der Waals surface area contributed by atoms with Crippen molar-refractivity contribution in [3.63, 3.8) is 0 Å². The maximum Gasteiger partial charge on any atom is 0.472 e. The zero-order chi connectivity index (χ0) is 37.5. The highest BCUT2D eigenvalue weighted by Crippen LogP contribution is 2.43. The second-order valence-electron chi connectivity index (χ2n) is 14.2. The van der Waals surface area contributed by atoms with E-state index >= 15 is 0 Å². The van der Waals surface area contributed by atoms with Crippen LogP contribution in [0.15, 0.2) is 36.5 Å². The predicted molar refractivity (Wildman–Crippen MR) is 217 cm³/mol. The summed E-state index contributed by atoms with van der Waals surface area (Å²) < 4.78 is 22.0. The fraction of sp³-hybridized carbons (Fsp3) is 0.833. The van der Waals surface area contributed by atoms with E-state index in [1.54, 1.807) is 12.2 Å². The Morgan fingerprint density at radius 2 is 1.08 bits per heavy atom. The van der Waals surface area contributed by atoms with Crippen molar-refractivity contribution in [1.82, 2.24) is 5.32 Å². The van der Waals surface area contributed by atoms with E-state index in [9.17, 15) is 19.4 Å². The first-order valence-corrected chi connectivity index (χ1v) is 22.6. The van der Waals surface area contributed by atoms with Crippen molar-refractivity contribution in [2.75, 3.05) is 19.8 Å². The molecule has 5 N–H and O–H groups in total. The van der Waals surface area contributed by atoms with E-state index in [-0.39, 0.29) is 25.7 Å². The van der Waals surface area contributed by atoms with Gasteiger partial charge in [0.2, 0.25) is 5.91 Å². The van der Waals surface area contributed by atoms with Gasteiger partial charge in [0.05, 0.1) is 25.4 Å². The molecule has 0 aliphatic carbocycles. The fourth-order valence-electron chi connectivity index (χ4n) is 6.01. The third-order valence-corrected chi connectivity index (χ3v) is 10.2. The van der Waals surface area contributed by atoms with Crippen LogP contribution in [0.4, 0.5) is 0 Å². The Bertz CT molecular complexity index is 897. The van der Waals surface area contributed by atoms with Crippen LogP contribution in [0.5, 0.6) is 0 Å². The van der Waals surface area contributed by atoms with E-state index in [1.165, 1.54) is 141 Å². The molecule has 0 rings (SSSR count). The number of carbonyl (C=O) groups excluding carboxylic acids is 1. The summed E-state index contributed by atoms with van der Waals surface area (Å²) in [5.74, 6) is -0.213. The van der Waals surface area contributed by atoms with E-state index in [1.807, 2.05) is 6.08 Å². The number of hydrogen-bond acceptors (Lipinski definition) is 6. The molecule has 0 radical (unpaired) electrons. The van der Waals surface area contributed by atoms with E-state index < -0.39 is 20.0 Å². The summed E-state index contributed by atoms with van der Waals surface area (Å²) in [6.45, 7) is 4.07. The largest absolute Gasteiger partial charge is 0.472 e. The van der Waals surface area contributed by atoms with Gasteiger partial charge in [0.1, 0.15) is 0 Å². The molecule has 0 aliphatic rings. The van der Waals surface area contributed by atoms with Crippen LogP contribution in [-0.2, 0) is 18.4 Å². The molecule has 0 aliphatic heterocycles. The average Bonchev–Trinajstić information content (AvgIpc) is 3.12. The minimum absolute atomic E-state index is 0.0717. The number of phosphoric ester groups is 1. The maximum absolute atomic E-state index is 12.7. The number of aliphatic hydroxyl groups is 1. The van der Waals surface area contributed by atoms with Crippen LogP contribution < -0.4 is 11.1 Å². The van der Waals surface area contributed by atoms with Gasteiger partial charge in [0.15, 0.2) is 0 Å². The number of hydrogen-bond donors (Lipinski definition) is 4. The lowest BCUT2D eigenvalue weighted by molar-refractivity contribution is -0.123. The summed E-state index contributed by atoms with van der Waals surface area (Å²) in [7, 11) is -4.34. The zero-order valence-corrected chi connectivity index (χ0v) is 34.0. The molecule has 0 aromatic heterocycles. The van der Waals surface area contributed by atoms with Gasteiger partial charge in [-0.2, -0.15) is 0 Å². The Morgan fingerprint density at radius 3 is 1.55 bits per heavy atom. The van der Waals surface area contributed by atoms with Crippen molar-refractivity contribution < 1.29 is 28.4 Å². The lowest BCUT2D eigenvalue weighted by Crippen LogP contribution is -2.45. The third-order valence-electron chi connectivity index (χ3n) is 9.24. The highest BCUT2D eigenvalue weighted by molar-refractivity contribution is 7.47. The number of nitrogens with one attached hydrogen (secondary N) is 1. The smallest absolute Gasteiger partial charge is 0.387 e. The zero-order valence-electron chi connectivity index (χ0n) is 33.1. The first-order chi connectivity index (χ1) is 24.9. The van der Waals surface area contributed by atoms with Crippen molar-refractivity contribution in [2.45, 2.75) is 206 Å². The summed E-state index contributed by atoms with van der Waals surface area (Å²) in [6, 6.07) is -0.890. The van der Waals surface area contributed by atoms with Crippen molar-refractivity contribution >= 4 is 13.7 Å². The molecule has 9 heteroatoms. The number of nitrogens with two attached hydrogens (primary N) is 1. The standard InChI is InChI=1S/C42H81N2O6P/c1-3-5-7-9-11-13-15-16-17-18-19-20-21-22-23-24-26-28-30-32-34-36-42(46)44-40(39-50-51(47,48)49-38-37-43)41(45)35-33-31-29-27-25-14-12-10-8-6-4-2/h16-17,29,31,33,35,40-41,45H,3-15,18-28,30,32,34,36-39,43H2,1-2H3,(H,44,46)(H,47,48)/b17-16-,31-29+,35-33+/t40-,41+/m0/s1. The van der Waals surface area contributed by atoms with Gasteiger partial charge in [-0.25, -0.2) is 4.57 Å². The van der Waals surface area contributed by atoms with Crippen molar-refractivity contribution in [1.29, 1.82) is 0 Å². The van der Waals surface area contributed by atoms with Crippen LogP contribution in [0.3, 0.4) is 0 Å². The molecule has 8 nitrogen and oxygen atoms in total. The number of aliphatic hydroxyl groups excluding tert-OH is 1. The second kappa shape index (κ2) is 38.4. The van der Waals surface area contributed by atoms with Crippen molar-refractivity contribution in [3.8, 4) is 0 Å². The molecular weight excluding hydrogens is 659 g/mol. The Balaban J connectivity index is 4.16. The number of amides is 1. The van der Waals surface area contributed by atoms with E-state index in [2.05, 4.69) is 37.4 Å². The summed E-state index contributed by atoms with van der Waals surface area (Å²) in [4.78, 5) is 22.6. The quantitative estimate of drug-likeness (QED) is 0.0213. The summed E-state index contributed by atoms with van der Waals surface area (Å²) in [5.41, 5.74) is 5.36. The number of phosphoric acid groups is 1. The van der Waals surface area contributed by atoms with Gasteiger partial charge in [-0.15, -0.1) is 0 Å². The molecule has 300 valence electrons. The summed E-state index contributed by atoms with van der Waals surface area (Å²) in [5, 5.41) is 13.6. The van der Waals surface area contributed by atoms with Gasteiger partial charge in [-0.1, -0.05) is 179 Å². The van der Waals surface area contributed by atoms with Crippen LogP contribution in [0.2, 0.25) is 0 Å². The molecule has 0 aromatic carbocycles. The number of allylic oxidation sites excluding steroid dienone is 5. The second-order valence-corrected chi connectivity index (χ2v) is 15.7. The molecule has 0 heterocycles. The Labute approximate surface area is 314 Å². The lowest BCUT2D eigenvalue weighted by Gasteiger charge is -2.23. The molecular formula is C42H81N2O6P. The molecule has 3 atom stereocenters. The third kappa shape index (κ3) is 36.9. The monoisotopic (exact) mass is 741 g/mol. The summed E-state index contributed by atoms with van der Waals surface area (Å²) in [6.07, 6.45) is 45.0. The molecule has 1 amide bonds. The van der Waals surface area contributed by atoms with Gasteiger partial charge < -0.3 is 21.1 Å². The fourth-order valence-corrected chi connectivity index (χ4v) is 6.77. The number of carbonyl (C=O) groups is 1. The lowest BCUT2D eigenvalue weighted by atomic mass is 10.0. The van der Waals surface area contributed by atoms with Crippen LogP contribution in [0.1, 0.15) is 194 Å². The first-order valence-electron chi connectivity index (χ1n) is 21.1. The molecule has 51 heavy (non-hydrogen) atoms.